The number of hydrogen-bond acceptors (Lipinski definition) is 2. The minimum absolute atomic E-state index is 0.149. The Bertz CT molecular complexity index is 754. The van der Waals surface area contributed by atoms with Gasteiger partial charge in [0.1, 0.15) is 0 Å². The number of benzene rings is 3. The number of aliphatic hydroxyl groups excluding tert-OH is 2. The Labute approximate surface area is 215 Å². The van der Waals surface area contributed by atoms with E-state index in [2.05, 4.69) is 86.6 Å². The van der Waals surface area contributed by atoms with Crippen LogP contribution in [0, 0.1) is 0 Å². The maximum atomic E-state index is 10.4. The molecular weight excluding hydrogens is 618 g/mol. The van der Waals surface area contributed by atoms with Gasteiger partial charge in [0.2, 0.25) is 0 Å². The van der Waals surface area contributed by atoms with E-state index < -0.39 is 24.5 Å². The summed E-state index contributed by atoms with van der Waals surface area (Å²) in [5, 5.41) is 19.9. The molecule has 3 rings (SSSR count). The molecule has 0 aromatic heterocycles. The van der Waals surface area contributed by atoms with E-state index >= 15 is 0 Å². The molecule has 2 nitrogen and oxygen atoms in total. The van der Waals surface area contributed by atoms with Crippen molar-refractivity contribution in [2.75, 3.05) is 6.61 Å². The quantitative estimate of drug-likeness (QED) is 0.220. The average Bonchev–Trinajstić information content (AvgIpc) is 2.89. The van der Waals surface area contributed by atoms with E-state index in [1.807, 2.05) is 18.2 Å². The summed E-state index contributed by atoms with van der Waals surface area (Å²) in [4.78, 5) is 0. The third kappa shape index (κ3) is 9.04. The van der Waals surface area contributed by atoms with Crippen molar-refractivity contribution in [3.63, 3.8) is 0 Å². The molecule has 33 heavy (non-hydrogen) atoms. The van der Waals surface area contributed by atoms with Crippen LogP contribution in [0.2, 0.25) is 13.3 Å². The van der Waals surface area contributed by atoms with Gasteiger partial charge in [0.25, 0.3) is 0 Å². The SMILES string of the molecule is CCC[CH2][Sn][CH2]CCC.OCC(O)[CH2][Sn]([c]1ccccc1)([c]1ccccc1)[c]1ccccc1. The maximum absolute atomic E-state index is 10.4. The molecule has 0 amide bonds. The van der Waals surface area contributed by atoms with Gasteiger partial charge < -0.3 is 0 Å². The second kappa shape index (κ2) is 16.7. The summed E-state index contributed by atoms with van der Waals surface area (Å²) in [6.07, 6.45) is 5.13. The molecule has 0 fully saturated rings. The molecule has 1 atom stereocenters. The Kier molecular flexibility index (Phi) is 14.4. The van der Waals surface area contributed by atoms with Gasteiger partial charge in [0.15, 0.2) is 0 Å². The van der Waals surface area contributed by atoms with Crippen LogP contribution < -0.4 is 10.7 Å². The second-order valence-corrected chi connectivity index (χ2v) is 24.1. The van der Waals surface area contributed by atoms with E-state index in [-0.39, 0.29) is 27.7 Å². The molecule has 0 aliphatic carbocycles. The van der Waals surface area contributed by atoms with E-state index in [0.29, 0.717) is 4.44 Å². The number of rotatable bonds is 12. The Morgan fingerprint density at radius 2 is 1.03 bits per heavy atom. The molecule has 4 heteroatoms. The van der Waals surface area contributed by atoms with Crippen LogP contribution in [0.3, 0.4) is 0 Å². The van der Waals surface area contributed by atoms with Crippen molar-refractivity contribution in [2.45, 2.75) is 58.9 Å². The monoisotopic (exact) mass is 660 g/mol. The van der Waals surface area contributed by atoms with Crippen LogP contribution in [0.5, 0.6) is 0 Å². The van der Waals surface area contributed by atoms with Gasteiger partial charge in [-0.25, -0.2) is 0 Å². The van der Waals surface area contributed by atoms with Crippen LogP contribution in [0.25, 0.3) is 0 Å². The molecule has 0 bridgehead atoms. The Balaban J connectivity index is 0.000000365. The molecule has 3 aromatic rings. The molecule has 1 unspecified atom stereocenters. The van der Waals surface area contributed by atoms with Gasteiger partial charge in [-0.3, -0.25) is 0 Å². The van der Waals surface area contributed by atoms with E-state index in [1.165, 1.54) is 36.4 Å². The molecule has 0 heterocycles. The fraction of sp³-hybridized carbons (Fsp3) is 0.379. The first-order valence-electron chi connectivity index (χ1n) is 12.3. The Hall–Kier alpha value is -0.823. The summed E-state index contributed by atoms with van der Waals surface area (Å²) in [6, 6.07) is 31.6. The molecule has 0 saturated heterocycles. The van der Waals surface area contributed by atoms with Crippen molar-refractivity contribution in [3.8, 4) is 0 Å². The first-order chi connectivity index (χ1) is 16.2. The van der Waals surface area contributed by atoms with Crippen molar-refractivity contribution >= 4 is 50.3 Å². The predicted octanol–water partition coefficient (Wildman–Crippen LogP) is 4.64. The molecule has 0 aliphatic rings. The third-order valence-electron chi connectivity index (χ3n) is 5.97. The Morgan fingerprint density at radius 3 is 1.33 bits per heavy atom. The van der Waals surface area contributed by atoms with E-state index in [0.717, 1.165) is 0 Å². The summed E-state index contributed by atoms with van der Waals surface area (Å²) >= 11 is -3.25. The molecule has 3 aromatic carbocycles. The van der Waals surface area contributed by atoms with Crippen molar-refractivity contribution in [3.05, 3.63) is 91.0 Å². The predicted molar refractivity (Wildman–Crippen MR) is 147 cm³/mol. The van der Waals surface area contributed by atoms with Gasteiger partial charge in [-0.15, -0.1) is 0 Å². The topological polar surface area (TPSA) is 40.5 Å². The summed E-state index contributed by atoms with van der Waals surface area (Å²) in [7, 11) is 0. The molecule has 0 saturated carbocycles. The molecule has 2 N–H and O–H groups in total. The van der Waals surface area contributed by atoms with E-state index in [4.69, 9.17) is 0 Å². The van der Waals surface area contributed by atoms with Crippen LogP contribution in [-0.4, -0.2) is 62.4 Å². The normalized spacial score (nSPS) is 12.0. The van der Waals surface area contributed by atoms with Gasteiger partial charge in [-0.05, 0) is 0 Å². The molecule has 176 valence electrons. The summed E-state index contributed by atoms with van der Waals surface area (Å²) < 4.78 is 7.83. The zero-order valence-electron chi connectivity index (χ0n) is 20.3. The summed E-state index contributed by atoms with van der Waals surface area (Å²) in [6.45, 7) is 4.38. The first-order valence-corrected chi connectivity index (χ1v) is 22.7. The zero-order valence-corrected chi connectivity index (χ0v) is 26.0. The van der Waals surface area contributed by atoms with E-state index in [9.17, 15) is 10.2 Å². The standard InChI is InChI=1S/3C6H5.2C4H9.C3H7O2.2Sn/c3*1-2-4-6-5-3-1;2*1-3-4-2;1-3(5)2-4;;/h3*1-5H;2*1,3-4H2,2H3;3-5H,1-2H2;;. The van der Waals surface area contributed by atoms with Gasteiger partial charge >= 0.3 is 217 Å². The fourth-order valence-electron chi connectivity index (χ4n) is 4.17. The van der Waals surface area contributed by atoms with E-state index in [1.54, 1.807) is 8.87 Å². The molecule has 2 radical (unpaired) electrons. The van der Waals surface area contributed by atoms with Crippen molar-refractivity contribution < 1.29 is 10.2 Å². The van der Waals surface area contributed by atoms with Crippen molar-refractivity contribution in [1.82, 2.24) is 0 Å². The van der Waals surface area contributed by atoms with Crippen molar-refractivity contribution in [2.24, 2.45) is 0 Å². The molecule has 0 aliphatic heterocycles. The van der Waals surface area contributed by atoms with Crippen molar-refractivity contribution in [1.29, 1.82) is 0 Å². The minimum atomic E-state index is -3.40. The number of hydrogen-bond donors (Lipinski definition) is 2. The third-order valence-corrected chi connectivity index (χ3v) is 24.4. The fourth-order valence-corrected chi connectivity index (χ4v) is 22.1. The zero-order chi connectivity index (χ0) is 23.8. The summed E-state index contributed by atoms with van der Waals surface area (Å²) in [5.74, 6) is 0. The van der Waals surface area contributed by atoms with Crippen LogP contribution in [0.4, 0.5) is 0 Å². The summed E-state index contributed by atoms with van der Waals surface area (Å²) in [5.41, 5.74) is 0. The van der Waals surface area contributed by atoms with Crippen LogP contribution in [-0.2, 0) is 0 Å². The van der Waals surface area contributed by atoms with Crippen LogP contribution in [0.1, 0.15) is 39.5 Å². The average molecular weight is 658 g/mol. The number of aliphatic hydroxyl groups is 2. The number of unbranched alkanes of at least 4 members (excludes halogenated alkanes) is 2. The first kappa shape index (κ1) is 28.4. The van der Waals surface area contributed by atoms with Crippen LogP contribution >= 0.6 is 0 Å². The molecule has 0 spiro atoms. The van der Waals surface area contributed by atoms with Gasteiger partial charge in [0, 0.05) is 0 Å². The molecular formula is C29H40O2Sn2. The Morgan fingerprint density at radius 1 is 0.667 bits per heavy atom. The van der Waals surface area contributed by atoms with Gasteiger partial charge in [0.05, 0.1) is 0 Å². The van der Waals surface area contributed by atoms with Crippen LogP contribution in [0.15, 0.2) is 91.0 Å². The van der Waals surface area contributed by atoms with Gasteiger partial charge in [-0.1, -0.05) is 0 Å². The second-order valence-electron chi connectivity index (χ2n) is 8.50. The van der Waals surface area contributed by atoms with Gasteiger partial charge in [-0.2, -0.15) is 0 Å².